The third kappa shape index (κ3) is 4.38. The number of nitrogens with two attached hydrogens (primary N) is 2. The van der Waals surface area contributed by atoms with E-state index in [9.17, 15) is 8.78 Å². The van der Waals surface area contributed by atoms with Gasteiger partial charge in [0.15, 0.2) is 11.6 Å². The molecule has 2 aromatic rings. The van der Waals surface area contributed by atoms with Crippen LogP contribution in [0.1, 0.15) is 30.7 Å². The molecule has 1 heterocycles. The van der Waals surface area contributed by atoms with Gasteiger partial charge in [-0.25, -0.2) is 13.8 Å². The van der Waals surface area contributed by atoms with E-state index in [4.69, 9.17) is 17.0 Å². The molecule has 0 amide bonds. The number of aromatic nitrogens is 1. The average molecular weight is 359 g/mol. The molecule has 1 aromatic heterocycles. The Balaban J connectivity index is 2.26. The predicted molar refractivity (Wildman–Crippen MR) is 99.5 cm³/mol. The monoisotopic (exact) mass is 359 g/mol. The van der Waals surface area contributed by atoms with Gasteiger partial charge in [0.25, 0.3) is 0 Å². The van der Waals surface area contributed by atoms with Crippen LogP contribution in [0.15, 0.2) is 45.4 Å². The van der Waals surface area contributed by atoms with E-state index < -0.39 is 11.6 Å². The van der Waals surface area contributed by atoms with Crippen LogP contribution in [-0.2, 0) is 0 Å². The van der Waals surface area contributed by atoms with Gasteiger partial charge in [0.05, 0.1) is 23.3 Å². The molecule has 7 nitrogen and oxygen atoms in total. The topological polar surface area (TPSA) is 129 Å². The molecule has 1 aromatic carbocycles. The van der Waals surface area contributed by atoms with Gasteiger partial charge in [-0.15, -0.1) is 0 Å². The number of nitrogens with zero attached hydrogens (tertiary/aromatic N) is 3. The van der Waals surface area contributed by atoms with E-state index in [1.165, 1.54) is 12.3 Å². The lowest BCUT2D eigenvalue weighted by atomic mass is 9.97. The zero-order valence-electron chi connectivity index (χ0n) is 14.1. The lowest BCUT2D eigenvalue weighted by molar-refractivity contribution is 0.509. The van der Waals surface area contributed by atoms with Crippen molar-refractivity contribution in [2.75, 3.05) is 0 Å². The summed E-state index contributed by atoms with van der Waals surface area (Å²) in [6.45, 7) is 1.94. The molecule has 0 saturated carbocycles. The predicted octanol–water partition coefficient (Wildman–Crippen LogP) is 2.82. The molecule has 0 spiro atoms. The molecule has 0 aliphatic heterocycles. The molecule has 1 unspecified atom stereocenters. The molecule has 0 aliphatic rings. The fourth-order valence-corrected chi connectivity index (χ4v) is 2.41. The van der Waals surface area contributed by atoms with Crippen LogP contribution in [0.5, 0.6) is 0 Å². The zero-order chi connectivity index (χ0) is 19.1. The largest absolute Gasteiger partial charge is 0.382 e. The molecule has 0 aliphatic carbocycles. The normalized spacial score (nSPS) is 14.0. The number of aliphatic imine (C=N–C) groups is 2. The van der Waals surface area contributed by atoms with E-state index in [1.807, 2.05) is 13.0 Å². The minimum absolute atomic E-state index is 0.183. The van der Waals surface area contributed by atoms with Crippen LogP contribution in [0.4, 0.5) is 14.5 Å². The molecule has 0 fully saturated rings. The molecule has 9 heteroatoms. The Morgan fingerprint density at radius 2 is 2.04 bits per heavy atom. The van der Waals surface area contributed by atoms with Gasteiger partial charge in [0.2, 0.25) is 0 Å². The highest BCUT2D eigenvalue weighted by atomic mass is 19.2. The molecular weight excluding hydrogens is 340 g/mol. The molecule has 1 atom stereocenters. The first-order valence-corrected chi connectivity index (χ1v) is 7.78. The Bertz CT molecular complexity index is 868. The Hall–Kier alpha value is -3.36. The van der Waals surface area contributed by atoms with Crippen molar-refractivity contribution in [3.8, 4) is 0 Å². The van der Waals surface area contributed by atoms with Crippen LogP contribution in [0.2, 0.25) is 0 Å². The van der Waals surface area contributed by atoms with Crippen molar-refractivity contribution in [1.82, 2.24) is 4.98 Å². The summed E-state index contributed by atoms with van der Waals surface area (Å²) in [5.74, 6) is 3.54. The van der Waals surface area contributed by atoms with E-state index in [0.717, 1.165) is 24.2 Å². The van der Waals surface area contributed by atoms with Gasteiger partial charge in [-0.3, -0.25) is 10.4 Å². The Morgan fingerprint density at radius 1 is 1.27 bits per heavy atom. The van der Waals surface area contributed by atoms with Gasteiger partial charge in [0.1, 0.15) is 12.2 Å². The van der Waals surface area contributed by atoms with E-state index in [0.29, 0.717) is 17.8 Å². The summed E-state index contributed by atoms with van der Waals surface area (Å²) in [7, 11) is 0. The first kappa shape index (κ1) is 19.0. The van der Waals surface area contributed by atoms with Crippen molar-refractivity contribution in [2.24, 2.45) is 26.7 Å². The van der Waals surface area contributed by atoms with Gasteiger partial charge in [-0.2, -0.15) is 5.10 Å². The van der Waals surface area contributed by atoms with Crippen molar-refractivity contribution in [3.63, 3.8) is 0 Å². The van der Waals surface area contributed by atoms with Gasteiger partial charge in [-0.05, 0) is 30.7 Å². The Morgan fingerprint density at radius 3 is 2.65 bits per heavy atom. The summed E-state index contributed by atoms with van der Waals surface area (Å²) < 4.78 is 26.3. The third-order valence-corrected chi connectivity index (χ3v) is 3.73. The number of hydrogen-bond acceptors (Lipinski definition) is 4. The Kier molecular flexibility index (Phi) is 6.31. The number of hydrazone groups is 1. The second-order valence-electron chi connectivity index (χ2n) is 5.34. The van der Waals surface area contributed by atoms with Crippen LogP contribution < -0.4 is 11.6 Å². The Labute approximate surface area is 149 Å². The molecule has 26 heavy (non-hydrogen) atoms. The third-order valence-electron chi connectivity index (χ3n) is 3.73. The van der Waals surface area contributed by atoms with Crippen LogP contribution >= 0.6 is 0 Å². The highest BCUT2D eigenvalue weighted by molar-refractivity contribution is 6.33. The number of halogens is 2. The first-order valence-electron chi connectivity index (χ1n) is 7.78. The van der Waals surface area contributed by atoms with Crippen LogP contribution in [0.25, 0.3) is 0 Å². The number of rotatable bonds is 7. The number of nitrogens with one attached hydrogen (secondary N) is 2. The van der Waals surface area contributed by atoms with Gasteiger partial charge >= 0.3 is 0 Å². The van der Waals surface area contributed by atoms with Gasteiger partial charge in [-0.1, -0.05) is 6.92 Å². The summed E-state index contributed by atoms with van der Waals surface area (Å²) in [5.41, 5.74) is 7.80. The quantitative estimate of drug-likeness (QED) is 0.262. The standard InChI is InChI=1S/C17H19F2N7/c1-2-11(14-5-6-15(25-14)17(21)24-9-20)16(26-22)8-23-10-3-4-12(18)13(19)7-10/h3-9,11,25H,2,22H2,1H3,(H3,20,21,24). The van der Waals surface area contributed by atoms with Crippen molar-refractivity contribution >= 4 is 29.8 Å². The summed E-state index contributed by atoms with van der Waals surface area (Å²) in [4.78, 5) is 10.9. The van der Waals surface area contributed by atoms with Gasteiger partial charge in [0, 0.05) is 17.7 Å². The van der Waals surface area contributed by atoms with Crippen molar-refractivity contribution < 1.29 is 8.78 Å². The maximum atomic E-state index is 13.3. The second-order valence-corrected chi connectivity index (χ2v) is 5.34. The number of aromatic amines is 1. The summed E-state index contributed by atoms with van der Waals surface area (Å²) >= 11 is 0. The average Bonchev–Trinajstić information content (AvgIpc) is 3.11. The van der Waals surface area contributed by atoms with Crippen molar-refractivity contribution in [1.29, 1.82) is 5.41 Å². The van der Waals surface area contributed by atoms with Crippen LogP contribution in [-0.4, -0.2) is 29.1 Å². The summed E-state index contributed by atoms with van der Waals surface area (Å²) in [6, 6.07) is 6.89. The molecule has 2 rings (SSSR count). The molecule has 0 bridgehead atoms. The number of hydrogen-bond donors (Lipinski definition) is 4. The van der Waals surface area contributed by atoms with E-state index in [1.54, 1.807) is 6.07 Å². The van der Waals surface area contributed by atoms with Crippen molar-refractivity contribution in [3.05, 3.63) is 53.4 Å². The van der Waals surface area contributed by atoms with Crippen LogP contribution in [0, 0.1) is 17.0 Å². The lowest BCUT2D eigenvalue weighted by Crippen LogP contribution is -2.17. The molecule has 0 saturated heterocycles. The number of H-pyrrole nitrogens is 1. The van der Waals surface area contributed by atoms with E-state index in [2.05, 4.69) is 20.1 Å². The maximum Gasteiger partial charge on any atom is 0.160 e. The fourth-order valence-electron chi connectivity index (χ4n) is 2.41. The second kappa shape index (κ2) is 8.65. The lowest BCUT2D eigenvalue weighted by Gasteiger charge is -2.12. The number of amidine groups is 1. The number of benzene rings is 1. The van der Waals surface area contributed by atoms with Crippen LogP contribution in [0.3, 0.4) is 0 Å². The SMILES string of the molecule is CCC(C(C=Nc1ccc(F)c(F)c1)=NN)c1ccc(C(N)=NC=N)[nH]1. The smallest absolute Gasteiger partial charge is 0.160 e. The molecular formula is C17H19F2N7. The minimum atomic E-state index is -0.979. The molecule has 136 valence electrons. The van der Waals surface area contributed by atoms with Crippen molar-refractivity contribution in [2.45, 2.75) is 19.3 Å². The van der Waals surface area contributed by atoms with E-state index in [-0.39, 0.29) is 17.4 Å². The summed E-state index contributed by atoms with van der Waals surface area (Å²) in [6.07, 6.45) is 2.92. The highest BCUT2D eigenvalue weighted by Gasteiger charge is 2.18. The van der Waals surface area contributed by atoms with Gasteiger partial charge < -0.3 is 16.6 Å². The maximum absolute atomic E-state index is 13.3. The minimum Gasteiger partial charge on any atom is -0.382 e. The van der Waals surface area contributed by atoms with E-state index >= 15 is 0 Å². The zero-order valence-corrected chi connectivity index (χ0v) is 14.1. The first-order chi connectivity index (χ1) is 12.5. The highest BCUT2D eigenvalue weighted by Crippen LogP contribution is 2.21. The molecule has 0 radical (unpaired) electrons. The fraction of sp³-hybridized carbons (Fsp3) is 0.176. The molecule has 6 N–H and O–H groups in total. The summed E-state index contributed by atoms with van der Waals surface area (Å²) in [5, 5.41) is 10.7.